The lowest BCUT2D eigenvalue weighted by Gasteiger charge is -2.14. The number of aromatic nitrogens is 2. The molecule has 0 radical (unpaired) electrons. The molecule has 1 aliphatic heterocycles. The third kappa shape index (κ3) is 3.65. The Morgan fingerprint density at radius 1 is 1.45 bits per heavy atom. The monoisotopic (exact) mass is 319 g/mol. The first-order valence-corrected chi connectivity index (χ1v) is 7.23. The molecule has 0 spiro atoms. The van der Waals surface area contributed by atoms with Crippen LogP contribution in [0.4, 0.5) is 0 Å². The standard InChI is InChI=1S/C15H14ClN3O3/c16-11-8-17-15(18-9-11)22-13-5-6-19(10-13)14(20)4-3-12-2-1-7-21-12/h1-4,7-9,13H,5-6,10H2/b4-3+. The predicted molar refractivity (Wildman–Crippen MR) is 80.4 cm³/mol. The van der Waals surface area contributed by atoms with Crippen molar-refractivity contribution in [1.82, 2.24) is 14.9 Å². The van der Waals surface area contributed by atoms with Crippen LogP contribution in [0.2, 0.25) is 5.02 Å². The summed E-state index contributed by atoms with van der Waals surface area (Å²) < 4.78 is 10.8. The van der Waals surface area contributed by atoms with Gasteiger partial charge in [-0.15, -0.1) is 0 Å². The fourth-order valence-corrected chi connectivity index (χ4v) is 2.28. The molecule has 1 fully saturated rings. The van der Waals surface area contributed by atoms with Gasteiger partial charge in [0.1, 0.15) is 11.9 Å². The maximum absolute atomic E-state index is 12.1. The average molecular weight is 320 g/mol. The number of halogens is 1. The van der Waals surface area contributed by atoms with Gasteiger partial charge in [-0.25, -0.2) is 9.97 Å². The summed E-state index contributed by atoms with van der Waals surface area (Å²) >= 11 is 5.72. The van der Waals surface area contributed by atoms with Crippen LogP contribution in [0.1, 0.15) is 12.2 Å². The SMILES string of the molecule is O=C(/C=C/c1ccco1)N1CCC(Oc2ncc(Cl)cn2)C1. The molecule has 22 heavy (non-hydrogen) atoms. The van der Waals surface area contributed by atoms with E-state index in [2.05, 4.69) is 9.97 Å². The van der Waals surface area contributed by atoms with Gasteiger partial charge in [0.2, 0.25) is 5.91 Å². The summed E-state index contributed by atoms with van der Waals surface area (Å²) in [5.74, 6) is 0.578. The van der Waals surface area contributed by atoms with Crippen molar-refractivity contribution in [1.29, 1.82) is 0 Å². The van der Waals surface area contributed by atoms with Crippen molar-refractivity contribution in [3.8, 4) is 6.01 Å². The first-order chi connectivity index (χ1) is 10.7. The number of amides is 1. The van der Waals surface area contributed by atoms with Gasteiger partial charge in [0.05, 0.1) is 30.2 Å². The maximum Gasteiger partial charge on any atom is 0.316 e. The van der Waals surface area contributed by atoms with Crippen molar-refractivity contribution in [3.63, 3.8) is 0 Å². The Hall–Kier alpha value is -2.34. The Labute approximate surface area is 132 Å². The molecule has 0 N–H and O–H groups in total. The van der Waals surface area contributed by atoms with Crippen molar-refractivity contribution >= 4 is 23.6 Å². The van der Waals surface area contributed by atoms with Gasteiger partial charge in [-0.05, 0) is 18.2 Å². The number of rotatable bonds is 4. The van der Waals surface area contributed by atoms with E-state index in [1.54, 1.807) is 29.4 Å². The zero-order valence-electron chi connectivity index (χ0n) is 11.7. The summed E-state index contributed by atoms with van der Waals surface area (Å²) in [4.78, 5) is 21.8. The minimum absolute atomic E-state index is 0.0699. The Morgan fingerprint density at radius 2 is 2.27 bits per heavy atom. The predicted octanol–water partition coefficient (Wildman–Crippen LogP) is 2.42. The minimum Gasteiger partial charge on any atom is -0.465 e. The number of hydrogen-bond acceptors (Lipinski definition) is 5. The summed E-state index contributed by atoms with van der Waals surface area (Å²) in [7, 11) is 0. The first kappa shape index (κ1) is 14.6. The maximum atomic E-state index is 12.1. The molecule has 2 aromatic rings. The summed E-state index contributed by atoms with van der Waals surface area (Å²) in [6.45, 7) is 1.15. The third-order valence-electron chi connectivity index (χ3n) is 3.26. The van der Waals surface area contributed by atoms with Crippen molar-refractivity contribution in [2.75, 3.05) is 13.1 Å². The third-order valence-corrected chi connectivity index (χ3v) is 3.45. The highest BCUT2D eigenvalue weighted by molar-refractivity contribution is 6.30. The van der Waals surface area contributed by atoms with E-state index in [0.29, 0.717) is 23.9 Å². The van der Waals surface area contributed by atoms with Crippen LogP contribution in [-0.4, -0.2) is 40.0 Å². The number of likely N-dealkylation sites (tertiary alicyclic amines) is 1. The van der Waals surface area contributed by atoms with Crippen LogP contribution >= 0.6 is 11.6 Å². The molecule has 3 heterocycles. The zero-order valence-corrected chi connectivity index (χ0v) is 12.4. The van der Waals surface area contributed by atoms with E-state index in [4.69, 9.17) is 20.8 Å². The van der Waals surface area contributed by atoms with Gasteiger partial charge in [0, 0.05) is 19.0 Å². The van der Waals surface area contributed by atoms with Crippen molar-refractivity contribution in [3.05, 3.63) is 47.6 Å². The Kier molecular flexibility index (Phi) is 4.39. The molecule has 1 aliphatic rings. The van der Waals surface area contributed by atoms with E-state index in [1.807, 2.05) is 0 Å². The largest absolute Gasteiger partial charge is 0.465 e. The second-order valence-electron chi connectivity index (χ2n) is 4.85. The Bertz CT molecular complexity index is 655. The molecule has 1 unspecified atom stereocenters. The molecule has 1 amide bonds. The molecule has 3 rings (SSSR count). The van der Waals surface area contributed by atoms with E-state index in [1.165, 1.54) is 18.5 Å². The van der Waals surface area contributed by atoms with Crippen LogP contribution in [0.5, 0.6) is 6.01 Å². The number of nitrogens with zero attached hydrogens (tertiary/aromatic N) is 3. The molecule has 0 bridgehead atoms. The lowest BCUT2D eigenvalue weighted by molar-refractivity contribution is -0.125. The van der Waals surface area contributed by atoms with Crippen LogP contribution in [0.3, 0.4) is 0 Å². The molecule has 2 aromatic heterocycles. The molecule has 0 saturated carbocycles. The van der Waals surface area contributed by atoms with Gasteiger partial charge in [-0.2, -0.15) is 0 Å². The van der Waals surface area contributed by atoms with E-state index in [0.717, 1.165) is 6.42 Å². The van der Waals surface area contributed by atoms with Gasteiger partial charge >= 0.3 is 6.01 Å². The highest BCUT2D eigenvalue weighted by atomic mass is 35.5. The highest BCUT2D eigenvalue weighted by Crippen LogP contribution is 2.16. The topological polar surface area (TPSA) is 68.5 Å². The zero-order chi connectivity index (χ0) is 15.4. The molecular weight excluding hydrogens is 306 g/mol. The second-order valence-corrected chi connectivity index (χ2v) is 5.28. The van der Waals surface area contributed by atoms with Crippen LogP contribution in [0, 0.1) is 0 Å². The number of carbonyl (C=O) groups is 1. The smallest absolute Gasteiger partial charge is 0.316 e. The van der Waals surface area contributed by atoms with Crippen molar-refractivity contribution in [2.24, 2.45) is 0 Å². The number of hydrogen-bond donors (Lipinski definition) is 0. The van der Waals surface area contributed by atoms with E-state index < -0.39 is 0 Å². The van der Waals surface area contributed by atoms with Crippen LogP contribution in [0.25, 0.3) is 6.08 Å². The lowest BCUT2D eigenvalue weighted by Crippen LogP contribution is -2.29. The summed E-state index contributed by atoms with van der Waals surface area (Å²) in [5.41, 5.74) is 0. The van der Waals surface area contributed by atoms with Crippen LogP contribution in [0.15, 0.2) is 41.3 Å². The molecule has 1 saturated heterocycles. The summed E-state index contributed by atoms with van der Waals surface area (Å²) in [6, 6.07) is 3.84. The van der Waals surface area contributed by atoms with Gasteiger partial charge in [-0.1, -0.05) is 11.6 Å². The quantitative estimate of drug-likeness (QED) is 0.809. The van der Waals surface area contributed by atoms with E-state index >= 15 is 0 Å². The van der Waals surface area contributed by atoms with Gasteiger partial charge < -0.3 is 14.1 Å². The molecule has 0 aromatic carbocycles. The number of furan rings is 1. The number of ether oxygens (including phenoxy) is 1. The Balaban J connectivity index is 1.53. The molecule has 0 aliphatic carbocycles. The summed E-state index contributed by atoms with van der Waals surface area (Å²) in [6.07, 6.45) is 8.31. The Morgan fingerprint density at radius 3 is 3.00 bits per heavy atom. The molecular formula is C15H14ClN3O3. The van der Waals surface area contributed by atoms with E-state index in [9.17, 15) is 4.79 Å². The average Bonchev–Trinajstić information content (AvgIpc) is 3.19. The molecule has 7 heteroatoms. The highest BCUT2D eigenvalue weighted by Gasteiger charge is 2.27. The van der Waals surface area contributed by atoms with Crippen LogP contribution in [-0.2, 0) is 4.79 Å². The number of carbonyl (C=O) groups excluding carboxylic acids is 1. The fourth-order valence-electron chi connectivity index (χ4n) is 2.18. The fraction of sp³-hybridized carbons (Fsp3) is 0.267. The second kappa shape index (κ2) is 6.62. The molecule has 114 valence electrons. The van der Waals surface area contributed by atoms with E-state index in [-0.39, 0.29) is 18.0 Å². The first-order valence-electron chi connectivity index (χ1n) is 6.85. The molecule has 1 atom stereocenters. The summed E-state index contributed by atoms with van der Waals surface area (Å²) in [5, 5.41) is 0.457. The van der Waals surface area contributed by atoms with Gasteiger partial charge in [0.25, 0.3) is 0 Å². The minimum atomic E-state index is -0.109. The van der Waals surface area contributed by atoms with Crippen molar-refractivity contribution < 1.29 is 13.9 Å². The molecule has 6 nitrogen and oxygen atoms in total. The van der Waals surface area contributed by atoms with Crippen LogP contribution < -0.4 is 4.74 Å². The normalized spacial score (nSPS) is 18.0. The van der Waals surface area contributed by atoms with Gasteiger partial charge in [-0.3, -0.25) is 4.79 Å². The van der Waals surface area contributed by atoms with Gasteiger partial charge in [0.15, 0.2) is 0 Å². The lowest BCUT2D eigenvalue weighted by atomic mass is 10.3. The van der Waals surface area contributed by atoms with Crippen molar-refractivity contribution in [2.45, 2.75) is 12.5 Å².